The molecule has 2 aromatic rings. The van der Waals surface area contributed by atoms with Crippen molar-refractivity contribution < 1.29 is 14.3 Å². The Balaban J connectivity index is 1.74. The Morgan fingerprint density at radius 1 is 1.27 bits per heavy atom. The van der Waals surface area contributed by atoms with Crippen molar-refractivity contribution in [3.8, 4) is 11.5 Å². The predicted molar refractivity (Wildman–Crippen MR) is 106 cm³/mol. The van der Waals surface area contributed by atoms with E-state index >= 15 is 0 Å². The van der Waals surface area contributed by atoms with Crippen LogP contribution in [0.15, 0.2) is 46.9 Å². The first-order valence-corrected chi connectivity index (χ1v) is 9.55. The SMILES string of the molecule is Cc1ccc2c(c1)[C@@H](NC(=O)[C@@H](C)Oc1ccc(Br)cc1)CC(C)(C)O2. The van der Waals surface area contributed by atoms with Gasteiger partial charge in [-0.15, -0.1) is 0 Å². The lowest BCUT2D eigenvalue weighted by molar-refractivity contribution is -0.128. The summed E-state index contributed by atoms with van der Waals surface area (Å²) in [6, 6.07) is 13.4. The molecule has 1 aliphatic rings. The lowest BCUT2D eigenvalue weighted by atomic mass is 9.89. The van der Waals surface area contributed by atoms with Crippen LogP contribution in [0.5, 0.6) is 11.5 Å². The lowest BCUT2D eigenvalue weighted by Gasteiger charge is -2.38. The summed E-state index contributed by atoms with van der Waals surface area (Å²) in [6.45, 7) is 7.88. The maximum absolute atomic E-state index is 12.7. The third-order valence-electron chi connectivity index (χ3n) is 4.43. The van der Waals surface area contributed by atoms with Crippen LogP contribution in [0.25, 0.3) is 0 Å². The number of hydrogen-bond acceptors (Lipinski definition) is 3. The maximum Gasteiger partial charge on any atom is 0.261 e. The van der Waals surface area contributed by atoms with Crippen molar-refractivity contribution in [2.75, 3.05) is 0 Å². The zero-order valence-electron chi connectivity index (χ0n) is 15.5. The molecular weight excluding hydrogens is 394 g/mol. The monoisotopic (exact) mass is 417 g/mol. The number of carbonyl (C=O) groups excluding carboxylic acids is 1. The van der Waals surface area contributed by atoms with Gasteiger partial charge in [-0.2, -0.15) is 0 Å². The first-order valence-electron chi connectivity index (χ1n) is 8.76. The maximum atomic E-state index is 12.7. The molecule has 4 nitrogen and oxygen atoms in total. The minimum atomic E-state index is -0.588. The highest BCUT2D eigenvalue weighted by Crippen LogP contribution is 2.39. The molecule has 1 N–H and O–H groups in total. The highest BCUT2D eigenvalue weighted by Gasteiger charge is 2.35. The number of carbonyl (C=O) groups is 1. The van der Waals surface area contributed by atoms with E-state index in [4.69, 9.17) is 9.47 Å². The smallest absolute Gasteiger partial charge is 0.261 e. The molecule has 0 aliphatic carbocycles. The van der Waals surface area contributed by atoms with Gasteiger partial charge in [0.15, 0.2) is 6.10 Å². The second-order valence-corrected chi connectivity index (χ2v) is 8.30. The van der Waals surface area contributed by atoms with E-state index in [-0.39, 0.29) is 17.6 Å². The second kappa shape index (κ2) is 7.31. The van der Waals surface area contributed by atoms with E-state index in [9.17, 15) is 4.79 Å². The van der Waals surface area contributed by atoms with E-state index in [1.165, 1.54) is 0 Å². The first kappa shape index (κ1) is 18.8. The van der Waals surface area contributed by atoms with Gasteiger partial charge in [0.1, 0.15) is 17.1 Å². The molecule has 0 bridgehead atoms. The number of nitrogens with one attached hydrogen (secondary N) is 1. The zero-order chi connectivity index (χ0) is 18.9. The fraction of sp³-hybridized carbons (Fsp3) is 0.381. The Hall–Kier alpha value is -2.01. The number of fused-ring (bicyclic) bond motifs is 1. The fourth-order valence-corrected chi connectivity index (χ4v) is 3.43. The van der Waals surface area contributed by atoms with Gasteiger partial charge >= 0.3 is 0 Å². The topological polar surface area (TPSA) is 47.6 Å². The van der Waals surface area contributed by atoms with Crippen molar-refractivity contribution in [2.45, 2.75) is 51.9 Å². The van der Waals surface area contributed by atoms with E-state index in [0.717, 1.165) is 21.3 Å². The number of amides is 1. The molecule has 1 amide bonds. The van der Waals surface area contributed by atoms with Gasteiger partial charge in [0.2, 0.25) is 0 Å². The summed E-state index contributed by atoms with van der Waals surface area (Å²) in [6.07, 6.45) is 0.121. The normalized spacial score (nSPS) is 19.0. The molecule has 2 aromatic carbocycles. The zero-order valence-corrected chi connectivity index (χ0v) is 17.1. The second-order valence-electron chi connectivity index (χ2n) is 7.38. The first-order chi connectivity index (χ1) is 12.2. The summed E-state index contributed by atoms with van der Waals surface area (Å²) in [5.74, 6) is 1.36. The van der Waals surface area contributed by atoms with Gasteiger partial charge < -0.3 is 14.8 Å². The molecule has 5 heteroatoms. The Kier molecular flexibility index (Phi) is 5.28. The third kappa shape index (κ3) is 4.39. The van der Waals surface area contributed by atoms with Crippen LogP contribution >= 0.6 is 15.9 Å². The van der Waals surface area contributed by atoms with Crippen LogP contribution in [0.2, 0.25) is 0 Å². The van der Waals surface area contributed by atoms with Crippen LogP contribution < -0.4 is 14.8 Å². The Bertz CT molecular complexity index is 801. The molecule has 1 heterocycles. The lowest BCUT2D eigenvalue weighted by Crippen LogP contribution is -2.44. The highest BCUT2D eigenvalue weighted by atomic mass is 79.9. The number of ether oxygens (including phenoxy) is 2. The highest BCUT2D eigenvalue weighted by molar-refractivity contribution is 9.10. The summed E-state index contributed by atoms with van der Waals surface area (Å²) in [7, 11) is 0. The largest absolute Gasteiger partial charge is 0.487 e. The van der Waals surface area contributed by atoms with Crippen LogP contribution in [0.4, 0.5) is 0 Å². The Morgan fingerprint density at radius 2 is 1.96 bits per heavy atom. The summed E-state index contributed by atoms with van der Waals surface area (Å²) in [5.41, 5.74) is 1.83. The van der Waals surface area contributed by atoms with Gasteiger partial charge in [-0.1, -0.05) is 33.6 Å². The molecule has 2 atom stereocenters. The average molecular weight is 418 g/mol. The van der Waals surface area contributed by atoms with Gasteiger partial charge in [-0.05, 0) is 58.0 Å². The van der Waals surface area contributed by atoms with Gasteiger partial charge in [-0.3, -0.25) is 4.79 Å². The third-order valence-corrected chi connectivity index (χ3v) is 4.96. The summed E-state index contributed by atoms with van der Waals surface area (Å²) < 4.78 is 12.8. The van der Waals surface area contributed by atoms with E-state index < -0.39 is 6.10 Å². The number of rotatable bonds is 4. The van der Waals surface area contributed by atoms with Crippen LogP contribution in [0.1, 0.15) is 44.4 Å². The minimum absolute atomic E-state index is 0.0999. The van der Waals surface area contributed by atoms with E-state index in [1.54, 1.807) is 6.92 Å². The van der Waals surface area contributed by atoms with Gasteiger partial charge in [-0.25, -0.2) is 0 Å². The molecule has 0 saturated carbocycles. The quantitative estimate of drug-likeness (QED) is 0.765. The van der Waals surface area contributed by atoms with Crippen molar-refractivity contribution in [1.29, 1.82) is 0 Å². The molecular formula is C21H24BrNO3. The van der Waals surface area contributed by atoms with Crippen LogP contribution in [0.3, 0.4) is 0 Å². The molecule has 0 aromatic heterocycles. The van der Waals surface area contributed by atoms with Crippen molar-refractivity contribution in [1.82, 2.24) is 5.32 Å². The summed E-state index contributed by atoms with van der Waals surface area (Å²) >= 11 is 3.39. The molecule has 26 heavy (non-hydrogen) atoms. The standard InChI is InChI=1S/C21H24BrNO3/c1-13-5-10-19-17(11-13)18(12-21(3,4)26-19)23-20(24)14(2)25-16-8-6-15(22)7-9-16/h5-11,14,18H,12H2,1-4H3,(H,23,24)/t14-,18+/m1/s1. The van der Waals surface area contributed by atoms with Crippen LogP contribution in [-0.4, -0.2) is 17.6 Å². The molecule has 138 valence electrons. The number of hydrogen-bond donors (Lipinski definition) is 1. The molecule has 0 unspecified atom stereocenters. The van der Waals surface area contributed by atoms with Gasteiger partial charge in [0, 0.05) is 16.5 Å². The summed E-state index contributed by atoms with van der Waals surface area (Å²) in [4.78, 5) is 12.7. The minimum Gasteiger partial charge on any atom is -0.487 e. The molecule has 0 spiro atoms. The van der Waals surface area contributed by atoms with Crippen molar-refractivity contribution in [2.24, 2.45) is 0 Å². The van der Waals surface area contributed by atoms with Crippen LogP contribution in [-0.2, 0) is 4.79 Å². The molecule has 0 radical (unpaired) electrons. The molecule has 3 rings (SSSR count). The number of benzene rings is 2. The molecule has 1 aliphatic heterocycles. The van der Waals surface area contributed by atoms with Gasteiger partial charge in [0.05, 0.1) is 6.04 Å². The average Bonchev–Trinajstić information content (AvgIpc) is 2.57. The molecule has 0 saturated heterocycles. The fourth-order valence-electron chi connectivity index (χ4n) is 3.16. The van der Waals surface area contributed by atoms with Crippen molar-refractivity contribution >= 4 is 21.8 Å². The Labute approximate surface area is 163 Å². The van der Waals surface area contributed by atoms with Crippen molar-refractivity contribution in [3.63, 3.8) is 0 Å². The molecule has 0 fully saturated rings. The van der Waals surface area contributed by atoms with Crippen LogP contribution in [0, 0.1) is 6.92 Å². The van der Waals surface area contributed by atoms with E-state index in [2.05, 4.69) is 27.3 Å². The van der Waals surface area contributed by atoms with E-state index in [0.29, 0.717) is 12.2 Å². The van der Waals surface area contributed by atoms with Crippen molar-refractivity contribution in [3.05, 3.63) is 58.1 Å². The number of halogens is 1. The van der Waals surface area contributed by atoms with E-state index in [1.807, 2.05) is 57.2 Å². The summed E-state index contributed by atoms with van der Waals surface area (Å²) in [5, 5.41) is 3.14. The number of aryl methyl sites for hydroxylation is 1. The Morgan fingerprint density at radius 3 is 2.65 bits per heavy atom. The van der Waals surface area contributed by atoms with Gasteiger partial charge in [0.25, 0.3) is 5.91 Å². The predicted octanol–water partition coefficient (Wildman–Crippen LogP) is 4.94.